The molecule has 0 spiro atoms. The number of nitrogens with one attached hydrogen (secondary N) is 2. The molecule has 0 saturated carbocycles. The molecule has 0 aliphatic carbocycles. The quantitative estimate of drug-likeness (QED) is 0.705. The van der Waals surface area contributed by atoms with Gasteiger partial charge in [-0.2, -0.15) is 0 Å². The molecular formula is C13H23N3O3. The predicted octanol–water partition coefficient (Wildman–Crippen LogP) is -0.506. The lowest BCUT2D eigenvalue weighted by molar-refractivity contribution is -0.134. The molecule has 2 amide bonds. The lowest BCUT2D eigenvalue weighted by Gasteiger charge is -2.27. The minimum absolute atomic E-state index is 0.0565. The Kier molecular flexibility index (Phi) is 5.60. The van der Waals surface area contributed by atoms with E-state index in [1.165, 1.54) is 0 Å². The fraction of sp³-hybridized carbons (Fsp3) is 0.846. The molecule has 2 aliphatic heterocycles. The highest BCUT2D eigenvalue weighted by atomic mass is 16.5. The maximum atomic E-state index is 11.9. The van der Waals surface area contributed by atoms with Crippen molar-refractivity contribution in [3.8, 4) is 0 Å². The number of ether oxygens (including phenoxy) is 1. The van der Waals surface area contributed by atoms with E-state index in [0.29, 0.717) is 13.0 Å². The molecule has 19 heavy (non-hydrogen) atoms. The maximum Gasteiger partial charge on any atom is 0.223 e. The normalized spacial score (nSPS) is 23.4. The third kappa shape index (κ3) is 4.80. The van der Waals surface area contributed by atoms with E-state index in [-0.39, 0.29) is 24.3 Å². The summed E-state index contributed by atoms with van der Waals surface area (Å²) in [4.78, 5) is 25.3. The van der Waals surface area contributed by atoms with Crippen LogP contribution in [0.15, 0.2) is 0 Å². The van der Waals surface area contributed by atoms with Gasteiger partial charge in [0, 0.05) is 52.2 Å². The van der Waals surface area contributed by atoms with Crippen molar-refractivity contribution >= 4 is 11.8 Å². The molecule has 6 heteroatoms. The van der Waals surface area contributed by atoms with Crippen LogP contribution >= 0.6 is 0 Å². The lowest BCUT2D eigenvalue weighted by Crippen LogP contribution is -2.46. The molecule has 0 radical (unpaired) electrons. The molecule has 0 aromatic heterocycles. The zero-order valence-corrected chi connectivity index (χ0v) is 11.3. The summed E-state index contributed by atoms with van der Waals surface area (Å²) in [6.07, 6.45) is 2.82. The second kappa shape index (κ2) is 7.45. The number of amides is 2. The van der Waals surface area contributed by atoms with Crippen LogP contribution in [0.2, 0.25) is 0 Å². The van der Waals surface area contributed by atoms with E-state index in [1.54, 1.807) is 0 Å². The van der Waals surface area contributed by atoms with Crippen LogP contribution in [0, 0.1) is 0 Å². The van der Waals surface area contributed by atoms with Crippen molar-refractivity contribution in [3.05, 3.63) is 0 Å². The van der Waals surface area contributed by atoms with Gasteiger partial charge in [0.2, 0.25) is 11.8 Å². The molecule has 0 bridgehead atoms. The van der Waals surface area contributed by atoms with E-state index in [9.17, 15) is 9.59 Å². The van der Waals surface area contributed by atoms with Gasteiger partial charge in [0.25, 0.3) is 0 Å². The Balaban J connectivity index is 1.58. The van der Waals surface area contributed by atoms with Gasteiger partial charge in [-0.15, -0.1) is 0 Å². The number of hydrogen-bond donors (Lipinski definition) is 2. The first-order valence-electron chi connectivity index (χ1n) is 7.12. The largest absolute Gasteiger partial charge is 0.376 e. The molecule has 2 heterocycles. The molecule has 1 unspecified atom stereocenters. The van der Waals surface area contributed by atoms with Crippen molar-refractivity contribution in [2.24, 2.45) is 0 Å². The van der Waals surface area contributed by atoms with Crippen LogP contribution in [-0.4, -0.2) is 62.1 Å². The Labute approximate surface area is 113 Å². The zero-order valence-electron chi connectivity index (χ0n) is 11.3. The van der Waals surface area contributed by atoms with Crippen LogP contribution in [-0.2, 0) is 14.3 Å². The smallest absolute Gasteiger partial charge is 0.223 e. The monoisotopic (exact) mass is 269 g/mol. The molecule has 0 aromatic rings. The number of piperazine rings is 1. The first kappa shape index (κ1) is 14.3. The van der Waals surface area contributed by atoms with Gasteiger partial charge in [-0.25, -0.2) is 0 Å². The summed E-state index contributed by atoms with van der Waals surface area (Å²) < 4.78 is 5.43. The average Bonchev–Trinajstić information content (AvgIpc) is 2.96. The summed E-state index contributed by atoms with van der Waals surface area (Å²) in [5.74, 6) is 0.0211. The summed E-state index contributed by atoms with van der Waals surface area (Å²) in [6, 6.07) is 0. The highest BCUT2D eigenvalue weighted by Gasteiger charge is 2.18. The number of carbonyl (C=O) groups is 2. The van der Waals surface area contributed by atoms with Gasteiger partial charge in [0.15, 0.2) is 0 Å². The number of carbonyl (C=O) groups excluding carboxylic acids is 2. The van der Waals surface area contributed by atoms with Crippen LogP contribution in [0.5, 0.6) is 0 Å². The maximum absolute atomic E-state index is 11.9. The Hall–Kier alpha value is -1.14. The molecule has 108 valence electrons. The number of nitrogens with zero attached hydrogens (tertiary/aromatic N) is 1. The third-order valence-electron chi connectivity index (χ3n) is 3.59. The Morgan fingerprint density at radius 1 is 1.26 bits per heavy atom. The van der Waals surface area contributed by atoms with Crippen molar-refractivity contribution in [1.29, 1.82) is 0 Å². The van der Waals surface area contributed by atoms with E-state index in [4.69, 9.17) is 4.74 Å². The first-order chi connectivity index (χ1) is 9.25. The average molecular weight is 269 g/mol. The summed E-state index contributed by atoms with van der Waals surface area (Å²) in [5.41, 5.74) is 0. The molecule has 6 nitrogen and oxygen atoms in total. The minimum atomic E-state index is -0.0565. The predicted molar refractivity (Wildman–Crippen MR) is 70.7 cm³/mol. The van der Waals surface area contributed by atoms with E-state index in [1.807, 2.05) is 4.90 Å². The van der Waals surface area contributed by atoms with E-state index in [0.717, 1.165) is 45.6 Å². The Morgan fingerprint density at radius 3 is 2.74 bits per heavy atom. The molecule has 2 N–H and O–H groups in total. The zero-order chi connectivity index (χ0) is 13.5. The second-order valence-electron chi connectivity index (χ2n) is 5.07. The fourth-order valence-electron chi connectivity index (χ4n) is 2.41. The first-order valence-corrected chi connectivity index (χ1v) is 7.12. The van der Waals surface area contributed by atoms with Crippen LogP contribution in [0.4, 0.5) is 0 Å². The third-order valence-corrected chi connectivity index (χ3v) is 3.59. The van der Waals surface area contributed by atoms with Crippen LogP contribution in [0.25, 0.3) is 0 Å². The Morgan fingerprint density at radius 2 is 2.05 bits per heavy atom. The minimum Gasteiger partial charge on any atom is -0.376 e. The van der Waals surface area contributed by atoms with Crippen LogP contribution in [0.1, 0.15) is 25.7 Å². The number of rotatable bonds is 5. The van der Waals surface area contributed by atoms with Gasteiger partial charge in [-0.3, -0.25) is 9.59 Å². The summed E-state index contributed by atoms with van der Waals surface area (Å²) in [6.45, 7) is 4.54. The van der Waals surface area contributed by atoms with Gasteiger partial charge in [0.05, 0.1) is 6.10 Å². The fourth-order valence-corrected chi connectivity index (χ4v) is 2.41. The molecule has 2 rings (SSSR count). The van der Waals surface area contributed by atoms with Crippen molar-refractivity contribution in [2.45, 2.75) is 31.8 Å². The summed E-state index contributed by atoms with van der Waals surface area (Å²) in [7, 11) is 0. The van der Waals surface area contributed by atoms with Crippen molar-refractivity contribution in [3.63, 3.8) is 0 Å². The van der Waals surface area contributed by atoms with Crippen molar-refractivity contribution < 1.29 is 14.3 Å². The van der Waals surface area contributed by atoms with Gasteiger partial charge in [-0.1, -0.05) is 0 Å². The van der Waals surface area contributed by atoms with Crippen molar-refractivity contribution in [1.82, 2.24) is 15.5 Å². The molecule has 2 saturated heterocycles. The highest BCUT2D eigenvalue weighted by molar-refractivity contribution is 5.83. The molecule has 2 fully saturated rings. The second-order valence-corrected chi connectivity index (χ2v) is 5.07. The van der Waals surface area contributed by atoms with E-state index >= 15 is 0 Å². The van der Waals surface area contributed by atoms with Gasteiger partial charge in [0.1, 0.15) is 0 Å². The van der Waals surface area contributed by atoms with Gasteiger partial charge >= 0.3 is 0 Å². The standard InChI is InChI=1S/C13H23N3O3/c17-12(15-10-11-2-1-9-19-11)3-4-13(18)16-7-5-14-6-8-16/h11,14H,1-10H2,(H,15,17). The van der Waals surface area contributed by atoms with E-state index in [2.05, 4.69) is 10.6 Å². The Bertz CT molecular complexity index is 310. The highest BCUT2D eigenvalue weighted by Crippen LogP contribution is 2.10. The summed E-state index contributed by atoms with van der Waals surface area (Å²) in [5, 5.41) is 6.03. The van der Waals surface area contributed by atoms with Crippen LogP contribution < -0.4 is 10.6 Å². The SMILES string of the molecule is O=C(CCC(=O)N1CCNCC1)NCC1CCCO1. The van der Waals surface area contributed by atoms with E-state index < -0.39 is 0 Å². The van der Waals surface area contributed by atoms with Gasteiger partial charge in [-0.05, 0) is 12.8 Å². The van der Waals surface area contributed by atoms with Crippen LogP contribution in [0.3, 0.4) is 0 Å². The lowest BCUT2D eigenvalue weighted by atomic mass is 10.2. The molecular weight excluding hydrogens is 246 g/mol. The summed E-state index contributed by atoms with van der Waals surface area (Å²) >= 11 is 0. The van der Waals surface area contributed by atoms with Crippen molar-refractivity contribution in [2.75, 3.05) is 39.3 Å². The van der Waals surface area contributed by atoms with Gasteiger partial charge < -0.3 is 20.3 Å². The topological polar surface area (TPSA) is 70.7 Å². The molecule has 1 atom stereocenters. The molecule has 0 aromatic carbocycles. The number of hydrogen-bond acceptors (Lipinski definition) is 4. The molecule has 2 aliphatic rings.